The van der Waals surface area contributed by atoms with Gasteiger partial charge in [0.1, 0.15) is 16.0 Å². The van der Waals surface area contributed by atoms with Crippen LogP contribution in [0.1, 0.15) is 24.2 Å². The average molecular weight is 546 g/mol. The Bertz CT molecular complexity index is 1660. The molecule has 0 atom stereocenters. The molecule has 2 aromatic heterocycles. The highest BCUT2D eigenvalue weighted by molar-refractivity contribution is 7.89. The van der Waals surface area contributed by atoms with Gasteiger partial charge in [0.15, 0.2) is 11.0 Å². The van der Waals surface area contributed by atoms with Gasteiger partial charge in [-0.2, -0.15) is 4.31 Å². The van der Waals surface area contributed by atoms with E-state index >= 15 is 0 Å². The number of halogens is 1. The quantitative estimate of drug-likeness (QED) is 0.335. The van der Waals surface area contributed by atoms with Gasteiger partial charge in [0.25, 0.3) is 5.91 Å². The van der Waals surface area contributed by atoms with Crippen LogP contribution in [0.4, 0.5) is 5.69 Å². The number of amides is 1. The largest absolute Gasteiger partial charge is 0.422 e. The maximum absolute atomic E-state index is 13.3. The third kappa shape index (κ3) is 4.45. The Kier molecular flexibility index (Phi) is 6.65. The second-order valence-electron chi connectivity index (χ2n) is 8.55. The molecule has 2 aromatic carbocycles. The van der Waals surface area contributed by atoms with Crippen LogP contribution in [-0.4, -0.2) is 73.1 Å². The Morgan fingerprint density at radius 3 is 2.43 bits per heavy atom. The summed E-state index contributed by atoms with van der Waals surface area (Å²) in [6.07, 6.45) is 0. The fourth-order valence-corrected chi connectivity index (χ4v) is 6.22. The zero-order valence-electron chi connectivity index (χ0n) is 20.2. The molecule has 1 aliphatic rings. The minimum atomic E-state index is -3.95. The van der Waals surface area contributed by atoms with E-state index in [1.807, 2.05) is 26.0 Å². The number of aromatic nitrogens is 2. The van der Waals surface area contributed by atoms with Crippen LogP contribution in [0.3, 0.4) is 0 Å². The maximum atomic E-state index is 13.3. The lowest BCUT2D eigenvalue weighted by Crippen LogP contribution is -2.51. The van der Waals surface area contributed by atoms with E-state index in [-0.39, 0.29) is 52.7 Å². The number of rotatable bonds is 6. The summed E-state index contributed by atoms with van der Waals surface area (Å²) in [5.74, 6) is -0.505. The van der Waals surface area contributed by atoms with Gasteiger partial charge in [-0.3, -0.25) is 4.79 Å². The second-order valence-corrected chi connectivity index (χ2v) is 10.9. The molecule has 0 N–H and O–H groups in total. The molecule has 1 aliphatic heterocycles. The number of benzene rings is 2. The van der Waals surface area contributed by atoms with E-state index in [1.54, 1.807) is 6.07 Å². The number of carbonyl (C=O) groups is 1. The average Bonchev–Trinajstić information content (AvgIpc) is 3.39. The zero-order valence-corrected chi connectivity index (χ0v) is 21.8. The molecule has 1 amide bonds. The summed E-state index contributed by atoms with van der Waals surface area (Å²) >= 11 is 6.05. The predicted molar refractivity (Wildman–Crippen MR) is 138 cm³/mol. The van der Waals surface area contributed by atoms with E-state index in [0.29, 0.717) is 11.0 Å². The molecule has 0 radical (unpaired) electrons. The number of anilines is 1. The SMILES string of the molecule is CCN(CC)c1ccc2cc(C(=O)N3CCN(S(=O)(=O)c4ccc(Cl)c5nonc45)CC3)c(=O)oc2c1. The van der Waals surface area contributed by atoms with Crippen LogP contribution in [-0.2, 0) is 10.0 Å². The molecule has 13 heteroatoms. The Morgan fingerprint density at radius 2 is 1.73 bits per heavy atom. The number of fused-ring (bicyclic) bond motifs is 2. The lowest BCUT2D eigenvalue weighted by atomic mass is 10.1. The minimum Gasteiger partial charge on any atom is -0.422 e. The molecule has 3 heterocycles. The summed E-state index contributed by atoms with van der Waals surface area (Å²) < 4.78 is 38.0. The van der Waals surface area contributed by atoms with E-state index < -0.39 is 21.6 Å². The molecule has 0 saturated carbocycles. The number of carbonyl (C=O) groups excluding carboxylic acids is 1. The third-order valence-electron chi connectivity index (χ3n) is 6.55. The number of nitrogens with zero attached hydrogens (tertiary/aromatic N) is 5. The summed E-state index contributed by atoms with van der Waals surface area (Å²) in [6.45, 7) is 5.97. The molecule has 37 heavy (non-hydrogen) atoms. The van der Waals surface area contributed by atoms with Crippen LogP contribution in [0.2, 0.25) is 5.02 Å². The van der Waals surface area contributed by atoms with Crippen molar-refractivity contribution in [3.63, 3.8) is 0 Å². The van der Waals surface area contributed by atoms with Crippen molar-refractivity contribution in [3.8, 4) is 0 Å². The molecular weight excluding hydrogens is 522 g/mol. The highest BCUT2D eigenvalue weighted by Gasteiger charge is 2.33. The van der Waals surface area contributed by atoms with Gasteiger partial charge in [-0.25, -0.2) is 17.8 Å². The third-order valence-corrected chi connectivity index (χ3v) is 8.79. The Labute approximate surface area is 217 Å². The molecule has 0 aliphatic carbocycles. The highest BCUT2D eigenvalue weighted by Crippen LogP contribution is 2.29. The van der Waals surface area contributed by atoms with Crippen LogP contribution in [0.15, 0.2) is 55.1 Å². The van der Waals surface area contributed by atoms with Gasteiger partial charge in [0, 0.05) is 56.4 Å². The van der Waals surface area contributed by atoms with Crippen molar-refractivity contribution in [1.29, 1.82) is 0 Å². The van der Waals surface area contributed by atoms with Crippen LogP contribution in [0, 0.1) is 0 Å². The monoisotopic (exact) mass is 545 g/mol. The van der Waals surface area contributed by atoms with Crippen molar-refractivity contribution in [2.45, 2.75) is 18.7 Å². The van der Waals surface area contributed by atoms with Gasteiger partial charge in [-0.1, -0.05) is 11.6 Å². The molecule has 0 spiro atoms. The lowest BCUT2D eigenvalue weighted by Gasteiger charge is -2.33. The zero-order chi connectivity index (χ0) is 26.3. The first-order valence-electron chi connectivity index (χ1n) is 11.8. The molecule has 5 rings (SSSR count). The van der Waals surface area contributed by atoms with Gasteiger partial charge in [-0.05, 0) is 54.5 Å². The standard InChI is InChI=1S/C24H24ClN5O6S/c1-3-28(4-2)16-6-5-15-13-17(24(32)35-19(15)14-16)23(31)29-9-11-30(12-10-29)37(33,34)20-8-7-18(25)21-22(20)27-36-26-21/h5-8,13-14H,3-4,9-12H2,1-2H3. The predicted octanol–water partition coefficient (Wildman–Crippen LogP) is 2.98. The summed E-state index contributed by atoms with van der Waals surface area (Å²) in [5.41, 5.74) is 0.710. The van der Waals surface area contributed by atoms with Crippen LogP contribution in [0.5, 0.6) is 0 Å². The summed E-state index contributed by atoms with van der Waals surface area (Å²) in [6, 6.07) is 9.84. The van der Waals surface area contributed by atoms with Crippen molar-refractivity contribution < 1.29 is 22.3 Å². The summed E-state index contributed by atoms with van der Waals surface area (Å²) in [5, 5.41) is 8.22. The highest BCUT2D eigenvalue weighted by atomic mass is 35.5. The Morgan fingerprint density at radius 1 is 1.03 bits per heavy atom. The van der Waals surface area contributed by atoms with Crippen LogP contribution < -0.4 is 10.5 Å². The molecule has 4 aromatic rings. The number of sulfonamides is 1. The van der Waals surface area contributed by atoms with Crippen molar-refractivity contribution >= 4 is 55.2 Å². The van der Waals surface area contributed by atoms with E-state index in [4.69, 9.17) is 16.0 Å². The van der Waals surface area contributed by atoms with Gasteiger partial charge in [-0.15, -0.1) is 0 Å². The van der Waals surface area contributed by atoms with E-state index in [9.17, 15) is 18.0 Å². The summed E-state index contributed by atoms with van der Waals surface area (Å²) in [4.78, 5) is 29.4. The maximum Gasteiger partial charge on any atom is 0.349 e. The Balaban J connectivity index is 1.35. The van der Waals surface area contributed by atoms with Gasteiger partial charge in [0.05, 0.1) is 5.02 Å². The Hall–Kier alpha value is -3.48. The van der Waals surface area contributed by atoms with E-state index in [0.717, 1.165) is 18.8 Å². The number of hydrogen-bond acceptors (Lipinski definition) is 9. The van der Waals surface area contributed by atoms with E-state index in [1.165, 1.54) is 27.4 Å². The second kappa shape index (κ2) is 9.77. The topological polar surface area (TPSA) is 130 Å². The first-order valence-corrected chi connectivity index (χ1v) is 13.6. The smallest absolute Gasteiger partial charge is 0.349 e. The fraction of sp³-hybridized carbons (Fsp3) is 0.333. The summed E-state index contributed by atoms with van der Waals surface area (Å²) in [7, 11) is -3.95. The first kappa shape index (κ1) is 25.2. The van der Waals surface area contributed by atoms with Crippen molar-refractivity contribution in [2.24, 2.45) is 0 Å². The molecule has 0 unspecified atom stereocenters. The molecule has 11 nitrogen and oxygen atoms in total. The normalized spacial score (nSPS) is 14.9. The number of piperazine rings is 1. The molecular formula is C24H24ClN5O6S. The van der Waals surface area contributed by atoms with Crippen LogP contribution in [0.25, 0.3) is 22.0 Å². The van der Waals surface area contributed by atoms with Gasteiger partial charge in [0.2, 0.25) is 10.0 Å². The molecule has 0 bridgehead atoms. The molecule has 1 fully saturated rings. The van der Waals surface area contributed by atoms with Gasteiger partial charge >= 0.3 is 5.63 Å². The minimum absolute atomic E-state index is 0.0373. The van der Waals surface area contributed by atoms with Crippen molar-refractivity contribution in [3.05, 3.63) is 57.4 Å². The van der Waals surface area contributed by atoms with Crippen LogP contribution >= 0.6 is 11.6 Å². The van der Waals surface area contributed by atoms with E-state index in [2.05, 4.69) is 19.8 Å². The fourth-order valence-electron chi connectivity index (χ4n) is 4.50. The first-order chi connectivity index (χ1) is 17.7. The lowest BCUT2D eigenvalue weighted by molar-refractivity contribution is 0.0694. The molecule has 1 saturated heterocycles. The van der Waals surface area contributed by atoms with Gasteiger partial charge < -0.3 is 14.2 Å². The number of hydrogen-bond donors (Lipinski definition) is 0. The van der Waals surface area contributed by atoms with Crippen molar-refractivity contribution in [2.75, 3.05) is 44.2 Å². The molecule has 194 valence electrons. The van der Waals surface area contributed by atoms with Crippen molar-refractivity contribution in [1.82, 2.24) is 19.5 Å².